The number of aromatic nitrogens is 2. The average Bonchev–Trinajstić information content (AvgIpc) is 2.05. The number of hydrogen-bond donors (Lipinski definition) is 2. The summed E-state index contributed by atoms with van der Waals surface area (Å²) in [6.07, 6.45) is 5.82. The van der Waals surface area contributed by atoms with Gasteiger partial charge in [-0.3, -0.25) is 4.79 Å². The van der Waals surface area contributed by atoms with E-state index in [2.05, 4.69) is 9.97 Å². The Morgan fingerprint density at radius 1 is 1.67 bits per heavy atom. The molecular weight excluding hydrogens is 190 g/mol. The van der Waals surface area contributed by atoms with E-state index in [0.29, 0.717) is 18.2 Å². The third-order valence-corrected chi connectivity index (χ3v) is 2.94. The number of nitrogens with one attached hydrogen (secondary N) is 1. The number of H-pyrrole nitrogens is 1. The van der Waals surface area contributed by atoms with E-state index >= 15 is 0 Å². The summed E-state index contributed by atoms with van der Waals surface area (Å²) in [5.41, 5.74) is 6.51. The zero-order valence-electron chi connectivity index (χ0n) is 8.99. The molecule has 0 saturated heterocycles. The molecule has 1 saturated carbocycles. The van der Waals surface area contributed by atoms with Crippen molar-refractivity contribution in [2.75, 3.05) is 0 Å². The molecule has 2 rings (SSSR count). The maximum Gasteiger partial charge on any atom is 0.254 e. The van der Waals surface area contributed by atoms with Gasteiger partial charge in [-0.2, -0.15) is 0 Å². The van der Waals surface area contributed by atoms with Gasteiger partial charge in [-0.1, -0.05) is 6.42 Å². The Bertz CT molecular complexity index is 393. The maximum atomic E-state index is 11.7. The van der Waals surface area contributed by atoms with Gasteiger partial charge in [0, 0.05) is 24.2 Å². The van der Waals surface area contributed by atoms with Gasteiger partial charge in [-0.15, -0.1) is 0 Å². The van der Waals surface area contributed by atoms with Crippen LogP contribution in [0.3, 0.4) is 0 Å². The molecule has 1 heterocycles. The summed E-state index contributed by atoms with van der Waals surface area (Å²) in [7, 11) is 0. The molecule has 4 heteroatoms. The lowest BCUT2D eigenvalue weighted by molar-refractivity contribution is 0.414. The molecular formula is C11H17N3O. The van der Waals surface area contributed by atoms with Crippen molar-refractivity contribution in [2.45, 2.75) is 44.6 Å². The SMILES string of the molecule is CC(N)Cc1ncc(C2CCC2)c(=O)[nH]1. The second kappa shape index (κ2) is 4.14. The molecule has 1 atom stereocenters. The van der Waals surface area contributed by atoms with E-state index in [1.54, 1.807) is 6.20 Å². The standard InChI is InChI=1S/C11H17N3O/c1-7(12)5-10-13-6-9(11(15)14-10)8-3-2-4-8/h6-8H,2-5,12H2,1H3,(H,13,14,15). The van der Waals surface area contributed by atoms with Crippen LogP contribution in [0.15, 0.2) is 11.0 Å². The molecule has 1 unspecified atom stereocenters. The Hall–Kier alpha value is -1.16. The van der Waals surface area contributed by atoms with E-state index in [-0.39, 0.29) is 11.6 Å². The summed E-state index contributed by atoms with van der Waals surface area (Å²) >= 11 is 0. The van der Waals surface area contributed by atoms with Gasteiger partial charge in [0.25, 0.3) is 5.56 Å². The normalized spacial score (nSPS) is 18.5. The molecule has 15 heavy (non-hydrogen) atoms. The monoisotopic (exact) mass is 207 g/mol. The van der Waals surface area contributed by atoms with Gasteiger partial charge in [0.1, 0.15) is 5.82 Å². The van der Waals surface area contributed by atoms with E-state index in [9.17, 15) is 4.79 Å². The topological polar surface area (TPSA) is 71.8 Å². The van der Waals surface area contributed by atoms with Crippen LogP contribution in [-0.2, 0) is 6.42 Å². The highest BCUT2D eigenvalue weighted by Crippen LogP contribution is 2.33. The molecule has 1 fully saturated rings. The predicted molar refractivity (Wildman–Crippen MR) is 58.8 cm³/mol. The summed E-state index contributed by atoms with van der Waals surface area (Å²) in [4.78, 5) is 18.8. The summed E-state index contributed by atoms with van der Waals surface area (Å²) < 4.78 is 0. The van der Waals surface area contributed by atoms with Crippen molar-refractivity contribution in [3.63, 3.8) is 0 Å². The molecule has 0 spiro atoms. The molecule has 0 amide bonds. The highest BCUT2D eigenvalue weighted by Gasteiger charge is 2.22. The number of aromatic amines is 1. The number of nitrogens with two attached hydrogens (primary N) is 1. The third kappa shape index (κ3) is 2.26. The molecule has 0 aromatic carbocycles. The quantitative estimate of drug-likeness (QED) is 0.774. The van der Waals surface area contributed by atoms with E-state index in [4.69, 9.17) is 5.73 Å². The van der Waals surface area contributed by atoms with Crippen molar-refractivity contribution in [3.8, 4) is 0 Å². The van der Waals surface area contributed by atoms with Crippen LogP contribution in [0.25, 0.3) is 0 Å². The minimum atomic E-state index is 0.0188. The average molecular weight is 207 g/mol. The molecule has 3 N–H and O–H groups in total. The van der Waals surface area contributed by atoms with Crippen molar-refractivity contribution in [1.82, 2.24) is 9.97 Å². The Balaban J connectivity index is 2.19. The Kier molecular flexibility index (Phi) is 2.86. The summed E-state index contributed by atoms with van der Waals surface area (Å²) in [6, 6.07) is 0.0303. The summed E-state index contributed by atoms with van der Waals surface area (Å²) in [6.45, 7) is 1.90. The van der Waals surface area contributed by atoms with E-state index in [1.165, 1.54) is 6.42 Å². The van der Waals surface area contributed by atoms with Crippen molar-refractivity contribution in [2.24, 2.45) is 5.73 Å². The van der Waals surface area contributed by atoms with Crippen molar-refractivity contribution >= 4 is 0 Å². The lowest BCUT2D eigenvalue weighted by atomic mass is 9.81. The molecule has 1 aromatic heterocycles. The van der Waals surface area contributed by atoms with Crippen LogP contribution < -0.4 is 11.3 Å². The fourth-order valence-corrected chi connectivity index (χ4v) is 1.86. The largest absolute Gasteiger partial charge is 0.328 e. The molecule has 1 aliphatic rings. The Morgan fingerprint density at radius 3 is 2.87 bits per heavy atom. The van der Waals surface area contributed by atoms with Crippen molar-refractivity contribution < 1.29 is 0 Å². The first-order chi connectivity index (χ1) is 7.16. The molecule has 0 radical (unpaired) electrons. The van der Waals surface area contributed by atoms with E-state index in [0.717, 1.165) is 18.4 Å². The minimum Gasteiger partial charge on any atom is -0.328 e. The van der Waals surface area contributed by atoms with Gasteiger partial charge >= 0.3 is 0 Å². The van der Waals surface area contributed by atoms with Crippen LogP contribution in [0.4, 0.5) is 0 Å². The van der Waals surface area contributed by atoms with Crippen LogP contribution in [0.2, 0.25) is 0 Å². The van der Waals surface area contributed by atoms with Crippen molar-refractivity contribution in [1.29, 1.82) is 0 Å². The molecule has 1 aliphatic carbocycles. The fraction of sp³-hybridized carbons (Fsp3) is 0.636. The molecule has 4 nitrogen and oxygen atoms in total. The van der Waals surface area contributed by atoms with Gasteiger partial charge in [-0.25, -0.2) is 4.98 Å². The lowest BCUT2D eigenvalue weighted by Gasteiger charge is -2.24. The van der Waals surface area contributed by atoms with Crippen LogP contribution in [-0.4, -0.2) is 16.0 Å². The van der Waals surface area contributed by atoms with Crippen molar-refractivity contribution in [3.05, 3.63) is 27.9 Å². The molecule has 0 aliphatic heterocycles. The first kappa shape index (κ1) is 10.4. The van der Waals surface area contributed by atoms with Gasteiger partial charge in [0.05, 0.1) is 0 Å². The first-order valence-electron chi connectivity index (χ1n) is 5.50. The second-order valence-corrected chi connectivity index (χ2v) is 4.42. The number of hydrogen-bond acceptors (Lipinski definition) is 3. The second-order valence-electron chi connectivity index (χ2n) is 4.42. The predicted octanol–water partition coefficient (Wildman–Crippen LogP) is 0.927. The van der Waals surface area contributed by atoms with Crippen LogP contribution >= 0.6 is 0 Å². The summed E-state index contributed by atoms with van der Waals surface area (Å²) in [5.74, 6) is 1.13. The number of rotatable bonds is 3. The van der Waals surface area contributed by atoms with Gasteiger partial charge in [0.15, 0.2) is 0 Å². The lowest BCUT2D eigenvalue weighted by Crippen LogP contribution is -2.25. The van der Waals surface area contributed by atoms with Crippen LogP contribution in [0.5, 0.6) is 0 Å². The van der Waals surface area contributed by atoms with Gasteiger partial charge in [0.2, 0.25) is 0 Å². The zero-order valence-corrected chi connectivity index (χ0v) is 8.99. The first-order valence-corrected chi connectivity index (χ1v) is 5.50. The summed E-state index contributed by atoms with van der Waals surface area (Å²) in [5, 5.41) is 0. The van der Waals surface area contributed by atoms with Crippen LogP contribution in [0.1, 0.15) is 43.5 Å². The highest BCUT2D eigenvalue weighted by atomic mass is 16.1. The van der Waals surface area contributed by atoms with Gasteiger partial charge in [-0.05, 0) is 25.7 Å². The van der Waals surface area contributed by atoms with E-state index < -0.39 is 0 Å². The molecule has 1 aromatic rings. The molecule has 82 valence electrons. The third-order valence-electron chi connectivity index (χ3n) is 2.94. The smallest absolute Gasteiger partial charge is 0.254 e. The Labute approximate surface area is 88.9 Å². The maximum absolute atomic E-state index is 11.7. The van der Waals surface area contributed by atoms with E-state index in [1.807, 2.05) is 6.92 Å². The fourth-order valence-electron chi connectivity index (χ4n) is 1.86. The minimum absolute atomic E-state index is 0.0188. The molecule has 0 bridgehead atoms. The zero-order chi connectivity index (χ0) is 10.8. The van der Waals surface area contributed by atoms with Crippen LogP contribution in [0, 0.1) is 0 Å². The number of nitrogens with zero attached hydrogens (tertiary/aromatic N) is 1. The Morgan fingerprint density at radius 2 is 2.40 bits per heavy atom. The van der Waals surface area contributed by atoms with Gasteiger partial charge < -0.3 is 10.7 Å². The highest BCUT2D eigenvalue weighted by molar-refractivity contribution is 5.14.